The van der Waals surface area contributed by atoms with Crippen LogP contribution in [0.3, 0.4) is 0 Å². The van der Waals surface area contributed by atoms with Gasteiger partial charge in [-0.2, -0.15) is 5.06 Å². The maximum absolute atomic E-state index is 11.1. The first-order valence-electron chi connectivity index (χ1n) is 4.91. The highest BCUT2D eigenvalue weighted by molar-refractivity contribution is 5.73. The molecule has 4 heteroatoms. The Morgan fingerprint density at radius 2 is 2.06 bits per heavy atom. The first-order valence-corrected chi connectivity index (χ1v) is 4.91. The Hall–Kier alpha value is -1.99. The Morgan fingerprint density at radius 3 is 2.62 bits per heavy atom. The molecule has 4 nitrogen and oxygen atoms in total. The molecule has 0 heterocycles. The van der Waals surface area contributed by atoms with Crippen LogP contribution in [0, 0.1) is 11.8 Å². The van der Waals surface area contributed by atoms with Crippen LogP contribution in [0.4, 0.5) is 4.79 Å². The van der Waals surface area contributed by atoms with Crippen molar-refractivity contribution in [1.29, 1.82) is 0 Å². The average Bonchev–Trinajstić information content (AvgIpc) is 2.35. The fourth-order valence-electron chi connectivity index (χ4n) is 1.06. The minimum Gasteiger partial charge on any atom is -0.339 e. The Morgan fingerprint density at radius 1 is 1.44 bits per heavy atom. The van der Waals surface area contributed by atoms with E-state index in [0.717, 1.165) is 5.56 Å². The highest BCUT2D eigenvalue weighted by atomic mass is 16.5. The van der Waals surface area contributed by atoms with Gasteiger partial charge in [0, 0.05) is 12.6 Å². The highest BCUT2D eigenvalue weighted by Gasteiger charge is 2.13. The molecule has 16 heavy (non-hydrogen) atoms. The van der Waals surface area contributed by atoms with Crippen molar-refractivity contribution >= 4 is 6.03 Å². The van der Waals surface area contributed by atoms with E-state index in [9.17, 15) is 10.0 Å². The van der Waals surface area contributed by atoms with Crippen LogP contribution in [-0.4, -0.2) is 29.4 Å². The lowest BCUT2D eigenvalue weighted by Gasteiger charge is -2.16. The summed E-state index contributed by atoms with van der Waals surface area (Å²) in [6.45, 7) is 1.64. The number of nitrogens with one attached hydrogen (secondary N) is 1. The minimum atomic E-state index is -0.574. The molecule has 2 N–H and O–H groups in total. The molecule has 0 aromatic heterocycles. The summed E-state index contributed by atoms with van der Waals surface area (Å²) < 4.78 is 0. The van der Waals surface area contributed by atoms with Gasteiger partial charge in [0.05, 0.1) is 0 Å². The molecule has 0 bridgehead atoms. The standard InChI is InChI=1S/C12H14N2O2/c1-10(14(16)12(15)13-2)8-9-11-6-4-3-5-7-11/h3-7,10,16H,1-2H3,(H,13,15). The summed E-state index contributed by atoms with van der Waals surface area (Å²) in [6.07, 6.45) is 0. The van der Waals surface area contributed by atoms with Gasteiger partial charge in [-0.1, -0.05) is 30.0 Å². The molecule has 1 rings (SSSR count). The number of hydrogen-bond acceptors (Lipinski definition) is 2. The average molecular weight is 218 g/mol. The van der Waals surface area contributed by atoms with Gasteiger partial charge in [0.2, 0.25) is 0 Å². The molecule has 0 radical (unpaired) electrons. The smallest absolute Gasteiger partial charge is 0.339 e. The Bertz CT molecular complexity index is 406. The molecule has 2 amide bonds. The summed E-state index contributed by atoms with van der Waals surface area (Å²) >= 11 is 0. The largest absolute Gasteiger partial charge is 0.342 e. The van der Waals surface area contributed by atoms with E-state index in [4.69, 9.17) is 0 Å². The summed E-state index contributed by atoms with van der Waals surface area (Å²) in [5.74, 6) is 5.65. The zero-order chi connectivity index (χ0) is 12.0. The van der Waals surface area contributed by atoms with Crippen LogP contribution >= 0.6 is 0 Å². The molecule has 0 aliphatic rings. The van der Waals surface area contributed by atoms with Crippen molar-refractivity contribution in [2.75, 3.05) is 7.05 Å². The van der Waals surface area contributed by atoms with E-state index < -0.39 is 12.1 Å². The number of hydroxylamine groups is 2. The fraction of sp³-hybridized carbons (Fsp3) is 0.250. The number of nitrogens with zero attached hydrogens (tertiary/aromatic N) is 1. The van der Waals surface area contributed by atoms with Gasteiger partial charge < -0.3 is 5.32 Å². The van der Waals surface area contributed by atoms with Crippen LogP contribution in [0.25, 0.3) is 0 Å². The molecule has 1 aromatic rings. The van der Waals surface area contributed by atoms with Gasteiger partial charge >= 0.3 is 6.03 Å². The number of hydrogen-bond donors (Lipinski definition) is 2. The van der Waals surface area contributed by atoms with Crippen LogP contribution in [0.5, 0.6) is 0 Å². The summed E-state index contributed by atoms with van der Waals surface area (Å²) in [7, 11) is 1.45. The monoisotopic (exact) mass is 218 g/mol. The molecule has 0 spiro atoms. The van der Waals surface area contributed by atoms with Crippen molar-refractivity contribution in [3.05, 3.63) is 35.9 Å². The second kappa shape index (κ2) is 5.79. The third-order valence-electron chi connectivity index (χ3n) is 1.99. The van der Waals surface area contributed by atoms with Crippen LogP contribution in [0.2, 0.25) is 0 Å². The minimum absolute atomic E-state index is 0.555. The van der Waals surface area contributed by atoms with Crippen molar-refractivity contribution in [3.8, 4) is 11.8 Å². The van der Waals surface area contributed by atoms with E-state index in [1.165, 1.54) is 7.05 Å². The maximum atomic E-state index is 11.1. The second-order valence-corrected chi connectivity index (χ2v) is 3.21. The third kappa shape index (κ3) is 3.30. The third-order valence-corrected chi connectivity index (χ3v) is 1.99. The summed E-state index contributed by atoms with van der Waals surface area (Å²) in [4.78, 5) is 11.1. The predicted octanol–water partition coefficient (Wildman–Crippen LogP) is 1.46. The van der Waals surface area contributed by atoms with E-state index in [0.29, 0.717) is 5.06 Å². The molecule has 0 aliphatic carbocycles. The van der Waals surface area contributed by atoms with Crippen LogP contribution in [0.1, 0.15) is 12.5 Å². The quantitative estimate of drug-likeness (QED) is 0.426. The van der Waals surface area contributed by atoms with Gasteiger partial charge in [-0.25, -0.2) is 4.79 Å². The first kappa shape index (κ1) is 12.1. The van der Waals surface area contributed by atoms with Crippen molar-refractivity contribution in [3.63, 3.8) is 0 Å². The molecule has 0 aliphatic heterocycles. The normalized spacial score (nSPS) is 10.9. The maximum Gasteiger partial charge on any atom is 0.342 e. The van der Waals surface area contributed by atoms with Gasteiger partial charge in [-0.3, -0.25) is 5.21 Å². The zero-order valence-electron chi connectivity index (χ0n) is 9.27. The number of carbonyl (C=O) groups excluding carboxylic acids is 1. The van der Waals surface area contributed by atoms with Gasteiger partial charge in [-0.05, 0) is 19.1 Å². The highest BCUT2D eigenvalue weighted by Crippen LogP contribution is 1.97. The van der Waals surface area contributed by atoms with E-state index >= 15 is 0 Å². The van der Waals surface area contributed by atoms with Crippen LogP contribution in [0.15, 0.2) is 30.3 Å². The molecule has 0 saturated carbocycles. The van der Waals surface area contributed by atoms with Crippen molar-refractivity contribution in [2.24, 2.45) is 0 Å². The van der Waals surface area contributed by atoms with Gasteiger partial charge in [0.15, 0.2) is 0 Å². The van der Waals surface area contributed by atoms with Gasteiger partial charge in [-0.15, -0.1) is 0 Å². The summed E-state index contributed by atoms with van der Waals surface area (Å²) in [6, 6.07) is 8.25. The molecule has 0 saturated heterocycles. The number of carbonyl (C=O) groups is 1. The Balaban J connectivity index is 2.68. The number of amides is 2. The van der Waals surface area contributed by atoms with Gasteiger partial charge in [0.25, 0.3) is 0 Å². The molecule has 1 unspecified atom stereocenters. The van der Waals surface area contributed by atoms with E-state index in [1.807, 2.05) is 30.3 Å². The zero-order valence-corrected chi connectivity index (χ0v) is 9.27. The molecular formula is C12H14N2O2. The SMILES string of the molecule is CNC(=O)N(O)C(C)C#Cc1ccccc1. The van der Waals surface area contributed by atoms with Crippen molar-refractivity contribution < 1.29 is 10.0 Å². The number of urea groups is 1. The molecule has 84 valence electrons. The number of rotatable bonds is 1. The Kier molecular flexibility index (Phi) is 4.37. The molecule has 1 atom stereocenters. The van der Waals surface area contributed by atoms with E-state index in [2.05, 4.69) is 17.2 Å². The van der Waals surface area contributed by atoms with Crippen LogP contribution < -0.4 is 5.32 Å². The van der Waals surface area contributed by atoms with Gasteiger partial charge in [0.1, 0.15) is 6.04 Å². The fourth-order valence-corrected chi connectivity index (χ4v) is 1.06. The van der Waals surface area contributed by atoms with Crippen molar-refractivity contribution in [2.45, 2.75) is 13.0 Å². The lowest BCUT2D eigenvalue weighted by atomic mass is 10.2. The topological polar surface area (TPSA) is 52.6 Å². The first-order chi connectivity index (χ1) is 7.65. The predicted molar refractivity (Wildman–Crippen MR) is 60.9 cm³/mol. The molecule has 1 aromatic carbocycles. The van der Waals surface area contributed by atoms with E-state index in [1.54, 1.807) is 6.92 Å². The second-order valence-electron chi connectivity index (χ2n) is 3.21. The molecular weight excluding hydrogens is 204 g/mol. The lowest BCUT2D eigenvalue weighted by Crippen LogP contribution is -2.40. The lowest BCUT2D eigenvalue weighted by molar-refractivity contribution is -0.0566. The Labute approximate surface area is 94.8 Å². The molecule has 0 fully saturated rings. The number of benzene rings is 1. The van der Waals surface area contributed by atoms with E-state index in [-0.39, 0.29) is 0 Å². The summed E-state index contributed by atoms with van der Waals surface area (Å²) in [5.41, 5.74) is 0.847. The van der Waals surface area contributed by atoms with Crippen molar-refractivity contribution in [1.82, 2.24) is 10.4 Å². The van der Waals surface area contributed by atoms with Crippen LogP contribution in [-0.2, 0) is 0 Å². The summed E-state index contributed by atoms with van der Waals surface area (Å²) in [5, 5.41) is 12.3.